The van der Waals surface area contributed by atoms with E-state index in [1.165, 1.54) is 38.5 Å². The van der Waals surface area contributed by atoms with Crippen LogP contribution in [0.15, 0.2) is 28.5 Å². The number of thiazole rings is 1. The maximum Gasteiger partial charge on any atom is 0.358 e. The molecule has 12 heteroatoms. The van der Waals surface area contributed by atoms with E-state index in [1.807, 2.05) is 11.5 Å². The third kappa shape index (κ3) is 4.35. The smallest absolute Gasteiger partial charge is 0.358 e. The number of benzene rings is 1. The maximum atomic E-state index is 12.4. The topological polar surface area (TPSA) is 123 Å². The minimum Gasteiger partial charge on any atom is -0.453 e. The summed E-state index contributed by atoms with van der Waals surface area (Å²) in [6.07, 6.45) is 0. The predicted molar refractivity (Wildman–Crippen MR) is 112 cm³/mol. The number of amides is 1. The van der Waals surface area contributed by atoms with Gasteiger partial charge in [-0.15, -0.1) is 11.3 Å². The zero-order chi connectivity index (χ0) is 22.1. The van der Waals surface area contributed by atoms with E-state index in [9.17, 15) is 18.0 Å². The number of sulfonamides is 1. The first-order chi connectivity index (χ1) is 14.1. The van der Waals surface area contributed by atoms with Gasteiger partial charge in [-0.25, -0.2) is 27.5 Å². The first-order valence-electron chi connectivity index (χ1n) is 8.95. The van der Waals surface area contributed by atoms with Crippen molar-refractivity contribution in [2.45, 2.75) is 31.9 Å². The van der Waals surface area contributed by atoms with Crippen LogP contribution in [0.2, 0.25) is 0 Å². The molecule has 0 saturated heterocycles. The van der Waals surface area contributed by atoms with Crippen molar-refractivity contribution >= 4 is 49.4 Å². The number of rotatable bonds is 7. The number of imidazole rings is 1. The Kier molecular flexibility index (Phi) is 6.19. The fraction of sp³-hybridized carbons (Fsp3) is 0.333. The highest BCUT2D eigenvalue weighted by molar-refractivity contribution is 7.89. The molecule has 10 nitrogen and oxygen atoms in total. The molecule has 0 spiro atoms. The van der Waals surface area contributed by atoms with E-state index < -0.39 is 16.0 Å². The van der Waals surface area contributed by atoms with Crippen molar-refractivity contribution in [3.8, 4) is 0 Å². The summed E-state index contributed by atoms with van der Waals surface area (Å²) in [5, 5.41) is 4.31. The molecule has 0 aliphatic carbocycles. The zero-order valence-corrected chi connectivity index (χ0v) is 18.5. The number of nitrogens with one attached hydrogen (secondary N) is 1. The highest BCUT2D eigenvalue weighted by Crippen LogP contribution is 2.23. The highest BCUT2D eigenvalue weighted by atomic mass is 32.2. The second kappa shape index (κ2) is 8.50. The standard InChI is InChI=1S/C18H21N5O5S2/c1-5-23-15-7-6-12(30(26,27)22(3)4)8-13(15)20-16(23)9-28-17(25)14-10-29-18(21-14)19-11(2)24/h6-8,10H,5,9H2,1-4H3,(H,19,21,24). The molecule has 0 aliphatic heterocycles. The first kappa shape index (κ1) is 21.9. The Labute approximate surface area is 177 Å². The summed E-state index contributed by atoms with van der Waals surface area (Å²) in [5.41, 5.74) is 1.32. The number of esters is 1. The van der Waals surface area contributed by atoms with Gasteiger partial charge >= 0.3 is 5.97 Å². The molecule has 2 heterocycles. The molecule has 1 amide bonds. The van der Waals surface area contributed by atoms with Gasteiger partial charge in [-0.3, -0.25) is 4.79 Å². The quantitative estimate of drug-likeness (QED) is 0.546. The molecule has 0 radical (unpaired) electrons. The van der Waals surface area contributed by atoms with Crippen molar-refractivity contribution in [3.63, 3.8) is 0 Å². The summed E-state index contributed by atoms with van der Waals surface area (Å²) in [7, 11) is -0.659. The molecule has 1 N–H and O–H groups in total. The van der Waals surface area contributed by atoms with E-state index in [0.29, 0.717) is 23.0 Å². The lowest BCUT2D eigenvalue weighted by atomic mass is 10.3. The Morgan fingerprint density at radius 1 is 1.27 bits per heavy atom. The predicted octanol–water partition coefficient (Wildman–Crippen LogP) is 2.08. The van der Waals surface area contributed by atoms with E-state index in [2.05, 4.69) is 15.3 Å². The molecule has 3 rings (SSSR count). The summed E-state index contributed by atoms with van der Waals surface area (Å²) in [5.74, 6) is -0.442. The largest absolute Gasteiger partial charge is 0.453 e. The van der Waals surface area contributed by atoms with Gasteiger partial charge < -0.3 is 14.6 Å². The maximum absolute atomic E-state index is 12.4. The average Bonchev–Trinajstić information content (AvgIpc) is 3.28. The normalized spacial score (nSPS) is 11.8. The molecule has 0 atom stereocenters. The van der Waals surface area contributed by atoms with Gasteiger partial charge in [-0.2, -0.15) is 0 Å². The van der Waals surface area contributed by atoms with Crippen LogP contribution in [0.3, 0.4) is 0 Å². The first-order valence-corrected chi connectivity index (χ1v) is 11.3. The van der Waals surface area contributed by atoms with Crippen LogP contribution in [0, 0.1) is 0 Å². The van der Waals surface area contributed by atoms with Crippen LogP contribution in [0.25, 0.3) is 11.0 Å². The SMILES string of the molecule is CCn1c(COC(=O)c2csc(NC(C)=O)n2)nc2cc(S(=O)(=O)N(C)C)ccc21. The summed E-state index contributed by atoms with van der Waals surface area (Å²) in [6.45, 7) is 3.72. The van der Waals surface area contributed by atoms with Gasteiger partial charge in [-0.1, -0.05) is 0 Å². The molecule has 1 aromatic carbocycles. The lowest BCUT2D eigenvalue weighted by Gasteiger charge is -2.11. The van der Waals surface area contributed by atoms with Gasteiger partial charge in [0, 0.05) is 32.9 Å². The Bertz CT molecular complexity index is 1210. The van der Waals surface area contributed by atoms with E-state index in [0.717, 1.165) is 21.2 Å². The number of aromatic nitrogens is 3. The van der Waals surface area contributed by atoms with E-state index >= 15 is 0 Å². The zero-order valence-electron chi connectivity index (χ0n) is 16.9. The molecular formula is C18H21N5O5S2. The van der Waals surface area contributed by atoms with Gasteiger partial charge in [0.05, 0.1) is 15.9 Å². The fourth-order valence-electron chi connectivity index (χ4n) is 2.77. The van der Waals surface area contributed by atoms with E-state index in [-0.39, 0.29) is 23.1 Å². The molecule has 3 aromatic rings. The van der Waals surface area contributed by atoms with Crippen LogP contribution in [-0.2, 0) is 32.7 Å². The van der Waals surface area contributed by atoms with Gasteiger partial charge in [0.15, 0.2) is 10.8 Å². The number of hydrogen-bond donors (Lipinski definition) is 1. The van der Waals surface area contributed by atoms with Crippen molar-refractivity contribution in [1.82, 2.24) is 18.8 Å². The van der Waals surface area contributed by atoms with Gasteiger partial charge in [0.2, 0.25) is 15.9 Å². The second-order valence-corrected chi connectivity index (χ2v) is 9.52. The van der Waals surface area contributed by atoms with Crippen molar-refractivity contribution in [2.75, 3.05) is 19.4 Å². The minimum atomic E-state index is -3.59. The average molecular weight is 452 g/mol. The van der Waals surface area contributed by atoms with E-state index in [1.54, 1.807) is 6.07 Å². The third-order valence-corrected chi connectivity index (χ3v) is 6.79. The third-order valence-electron chi connectivity index (χ3n) is 4.22. The molecule has 0 saturated carbocycles. The van der Waals surface area contributed by atoms with Crippen LogP contribution in [0.4, 0.5) is 5.13 Å². The van der Waals surface area contributed by atoms with Gasteiger partial charge in [0.1, 0.15) is 12.4 Å². The van der Waals surface area contributed by atoms with E-state index in [4.69, 9.17) is 4.74 Å². The Hall–Kier alpha value is -2.83. The lowest BCUT2D eigenvalue weighted by molar-refractivity contribution is -0.114. The number of hydrogen-bond acceptors (Lipinski definition) is 8. The number of anilines is 1. The Morgan fingerprint density at radius 2 is 2.00 bits per heavy atom. The summed E-state index contributed by atoms with van der Waals surface area (Å²) < 4.78 is 33.0. The Morgan fingerprint density at radius 3 is 2.63 bits per heavy atom. The number of aryl methyl sites for hydroxylation is 1. The number of nitrogens with zero attached hydrogens (tertiary/aromatic N) is 4. The molecule has 0 fully saturated rings. The van der Waals surface area contributed by atoms with Crippen LogP contribution in [0.1, 0.15) is 30.2 Å². The highest BCUT2D eigenvalue weighted by Gasteiger charge is 2.20. The number of carbonyl (C=O) groups is 2. The van der Waals surface area contributed by atoms with Crippen LogP contribution in [-0.4, -0.2) is 53.2 Å². The monoisotopic (exact) mass is 451 g/mol. The second-order valence-electron chi connectivity index (χ2n) is 6.51. The molecule has 0 aliphatic rings. The molecule has 2 aromatic heterocycles. The molecule has 0 unspecified atom stereocenters. The van der Waals surface area contributed by atoms with Crippen molar-refractivity contribution < 1.29 is 22.7 Å². The fourth-order valence-corrected chi connectivity index (χ4v) is 4.42. The molecule has 0 bridgehead atoms. The molecule has 160 valence electrons. The number of ether oxygens (including phenoxy) is 1. The summed E-state index contributed by atoms with van der Waals surface area (Å²) in [4.78, 5) is 32.0. The minimum absolute atomic E-state index is 0.0854. The van der Waals surface area contributed by atoms with Crippen molar-refractivity contribution in [2.24, 2.45) is 0 Å². The molecular weight excluding hydrogens is 430 g/mol. The van der Waals surface area contributed by atoms with Crippen LogP contribution >= 0.6 is 11.3 Å². The summed E-state index contributed by atoms with van der Waals surface area (Å²) >= 11 is 1.12. The van der Waals surface area contributed by atoms with Crippen molar-refractivity contribution in [3.05, 3.63) is 35.1 Å². The van der Waals surface area contributed by atoms with Crippen LogP contribution in [0.5, 0.6) is 0 Å². The van der Waals surface area contributed by atoms with Crippen molar-refractivity contribution in [1.29, 1.82) is 0 Å². The summed E-state index contributed by atoms with van der Waals surface area (Å²) in [6, 6.07) is 4.72. The Balaban J connectivity index is 1.82. The lowest BCUT2D eigenvalue weighted by Crippen LogP contribution is -2.22. The number of carbonyl (C=O) groups excluding carboxylic acids is 2. The van der Waals surface area contributed by atoms with Gasteiger partial charge in [-0.05, 0) is 25.1 Å². The van der Waals surface area contributed by atoms with Gasteiger partial charge in [0.25, 0.3) is 0 Å². The number of fused-ring (bicyclic) bond motifs is 1. The van der Waals surface area contributed by atoms with Crippen LogP contribution < -0.4 is 5.32 Å². The molecule has 30 heavy (non-hydrogen) atoms.